The summed E-state index contributed by atoms with van der Waals surface area (Å²) in [5.74, 6) is 0.557. The lowest BCUT2D eigenvalue weighted by molar-refractivity contribution is -0.202. The zero-order valence-electron chi connectivity index (χ0n) is 9.05. The van der Waals surface area contributed by atoms with Crippen molar-refractivity contribution >= 4 is 23.2 Å². The minimum absolute atomic E-state index is 0.407. The first kappa shape index (κ1) is 12.0. The van der Waals surface area contributed by atoms with Crippen LogP contribution >= 0.6 is 23.2 Å². The Bertz CT molecular complexity index is 397. The Balaban J connectivity index is 2.46. The summed E-state index contributed by atoms with van der Waals surface area (Å²) in [6, 6.07) is 3.64. The minimum Gasteiger partial charge on any atom is -0.495 e. The average Bonchev–Trinajstić information content (AvgIpc) is 2.23. The van der Waals surface area contributed by atoms with Crippen LogP contribution in [0.2, 0.25) is 10.0 Å². The number of benzene rings is 1. The zero-order chi connectivity index (χ0) is 11.8. The molecule has 1 aliphatic heterocycles. The van der Waals surface area contributed by atoms with Crippen molar-refractivity contribution in [2.24, 2.45) is 0 Å². The van der Waals surface area contributed by atoms with Crippen LogP contribution in [0.25, 0.3) is 0 Å². The van der Waals surface area contributed by atoms with Crippen LogP contribution in [0.4, 0.5) is 0 Å². The smallest absolute Gasteiger partial charge is 0.141 e. The molecule has 0 bridgehead atoms. The Morgan fingerprint density at radius 1 is 1.19 bits per heavy atom. The van der Waals surface area contributed by atoms with Crippen LogP contribution in [0.1, 0.15) is 5.56 Å². The van der Waals surface area contributed by atoms with Gasteiger partial charge in [-0.05, 0) is 6.07 Å². The van der Waals surface area contributed by atoms with Crippen molar-refractivity contribution in [1.29, 1.82) is 0 Å². The largest absolute Gasteiger partial charge is 0.495 e. The first-order valence-corrected chi connectivity index (χ1v) is 5.55. The van der Waals surface area contributed by atoms with Crippen molar-refractivity contribution < 1.29 is 14.2 Å². The lowest BCUT2D eigenvalue weighted by Gasteiger charge is -2.41. The van der Waals surface area contributed by atoms with E-state index < -0.39 is 5.60 Å². The molecule has 88 valence electrons. The molecule has 0 atom stereocenters. The molecular formula is C11H12Cl2O3. The third kappa shape index (κ3) is 1.68. The van der Waals surface area contributed by atoms with Gasteiger partial charge in [-0.3, -0.25) is 0 Å². The molecule has 0 saturated carbocycles. The summed E-state index contributed by atoms with van der Waals surface area (Å²) >= 11 is 12.3. The third-order valence-corrected chi connectivity index (χ3v) is 3.68. The molecule has 2 rings (SSSR count). The molecule has 5 heteroatoms. The normalized spacial score (nSPS) is 18.0. The predicted octanol–water partition coefficient (Wildman–Crippen LogP) is 2.87. The van der Waals surface area contributed by atoms with Gasteiger partial charge in [0.1, 0.15) is 16.4 Å². The highest BCUT2D eigenvalue weighted by molar-refractivity contribution is 6.43. The molecule has 1 aliphatic rings. The molecule has 16 heavy (non-hydrogen) atoms. The van der Waals surface area contributed by atoms with E-state index in [0.29, 0.717) is 29.0 Å². The van der Waals surface area contributed by atoms with Crippen molar-refractivity contribution in [1.82, 2.24) is 0 Å². The Labute approximate surface area is 104 Å². The van der Waals surface area contributed by atoms with Gasteiger partial charge in [-0.2, -0.15) is 0 Å². The van der Waals surface area contributed by atoms with Gasteiger partial charge in [0, 0.05) is 12.7 Å². The molecule has 3 nitrogen and oxygen atoms in total. The summed E-state index contributed by atoms with van der Waals surface area (Å²) in [6.45, 7) is 0.984. The van der Waals surface area contributed by atoms with E-state index in [9.17, 15) is 0 Å². The SMILES string of the molecule is COc1ccc(C2(OC)COC2)c(Cl)c1Cl. The average molecular weight is 263 g/mol. The molecule has 1 saturated heterocycles. The molecule has 0 aromatic heterocycles. The van der Waals surface area contributed by atoms with E-state index in [0.717, 1.165) is 5.56 Å². The monoisotopic (exact) mass is 262 g/mol. The molecule has 0 aliphatic carbocycles. The van der Waals surface area contributed by atoms with Gasteiger partial charge in [0.15, 0.2) is 0 Å². The summed E-state index contributed by atoms with van der Waals surface area (Å²) in [7, 11) is 3.19. The molecule has 1 heterocycles. The highest BCUT2D eigenvalue weighted by atomic mass is 35.5. The first-order chi connectivity index (χ1) is 7.64. The molecule has 1 aromatic carbocycles. The number of rotatable bonds is 3. The molecule has 0 amide bonds. The molecule has 0 unspecified atom stereocenters. The van der Waals surface area contributed by atoms with Crippen LogP contribution in [-0.2, 0) is 15.1 Å². The van der Waals surface area contributed by atoms with Crippen LogP contribution in [0.3, 0.4) is 0 Å². The number of halogens is 2. The Morgan fingerprint density at radius 3 is 2.31 bits per heavy atom. The van der Waals surface area contributed by atoms with Gasteiger partial charge in [0.25, 0.3) is 0 Å². The maximum Gasteiger partial charge on any atom is 0.141 e. The topological polar surface area (TPSA) is 27.7 Å². The van der Waals surface area contributed by atoms with Gasteiger partial charge >= 0.3 is 0 Å². The number of hydrogen-bond acceptors (Lipinski definition) is 3. The molecule has 0 radical (unpaired) electrons. The second kappa shape index (κ2) is 4.41. The molecule has 1 fully saturated rings. The second-order valence-corrected chi connectivity index (χ2v) is 4.39. The quantitative estimate of drug-likeness (QED) is 0.839. The number of hydrogen-bond donors (Lipinski definition) is 0. The van der Waals surface area contributed by atoms with Gasteiger partial charge in [-0.15, -0.1) is 0 Å². The van der Waals surface area contributed by atoms with Crippen molar-refractivity contribution in [3.8, 4) is 5.75 Å². The van der Waals surface area contributed by atoms with Crippen molar-refractivity contribution in [3.63, 3.8) is 0 Å². The zero-order valence-corrected chi connectivity index (χ0v) is 10.6. The lowest BCUT2D eigenvalue weighted by Crippen LogP contribution is -2.48. The highest BCUT2D eigenvalue weighted by Crippen LogP contribution is 2.43. The summed E-state index contributed by atoms with van der Waals surface area (Å²) in [5.41, 5.74) is 0.376. The molecule has 1 aromatic rings. The molecular weight excluding hydrogens is 251 g/mol. The number of ether oxygens (including phenoxy) is 3. The van der Waals surface area contributed by atoms with Crippen molar-refractivity contribution in [2.45, 2.75) is 5.60 Å². The number of methoxy groups -OCH3 is 2. The Morgan fingerprint density at radius 2 is 1.88 bits per heavy atom. The lowest BCUT2D eigenvalue weighted by atomic mass is 9.91. The molecule has 0 N–H and O–H groups in total. The van der Waals surface area contributed by atoms with Crippen LogP contribution in [-0.4, -0.2) is 27.4 Å². The fraction of sp³-hybridized carbons (Fsp3) is 0.455. The van der Waals surface area contributed by atoms with E-state index in [1.54, 1.807) is 20.3 Å². The van der Waals surface area contributed by atoms with Crippen LogP contribution in [0, 0.1) is 0 Å². The van der Waals surface area contributed by atoms with E-state index >= 15 is 0 Å². The van der Waals surface area contributed by atoms with Crippen molar-refractivity contribution in [2.75, 3.05) is 27.4 Å². The van der Waals surface area contributed by atoms with Gasteiger partial charge in [-0.1, -0.05) is 29.3 Å². The first-order valence-electron chi connectivity index (χ1n) is 4.80. The summed E-state index contributed by atoms with van der Waals surface area (Å²) in [4.78, 5) is 0. The van der Waals surface area contributed by atoms with Crippen molar-refractivity contribution in [3.05, 3.63) is 27.7 Å². The minimum atomic E-state index is -0.465. The Hall–Kier alpha value is -0.480. The standard InChI is InChI=1S/C11H12Cl2O3/c1-14-8-4-3-7(9(12)10(8)13)11(15-2)5-16-6-11/h3-4H,5-6H2,1-2H3. The maximum absolute atomic E-state index is 6.21. The molecule has 0 spiro atoms. The third-order valence-electron chi connectivity index (χ3n) is 2.82. The fourth-order valence-corrected chi connectivity index (χ4v) is 2.28. The van der Waals surface area contributed by atoms with Crippen LogP contribution in [0.15, 0.2) is 12.1 Å². The van der Waals surface area contributed by atoms with E-state index in [1.807, 2.05) is 6.07 Å². The van der Waals surface area contributed by atoms with E-state index in [2.05, 4.69) is 0 Å². The van der Waals surface area contributed by atoms with Gasteiger partial charge in [-0.25, -0.2) is 0 Å². The second-order valence-electron chi connectivity index (χ2n) is 3.63. The highest BCUT2D eigenvalue weighted by Gasteiger charge is 2.42. The van der Waals surface area contributed by atoms with E-state index in [4.69, 9.17) is 37.4 Å². The van der Waals surface area contributed by atoms with E-state index in [-0.39, 0.29) is 0 Å². The van der Waals surface area contributed by atoms with Crippen LogP contribution in [0.5, 0.6) is 5.75 Å². The fourth-order valence-electron chi connectivity index (χ4n) is 1.71. The predicted molar refractivity (Wildman–Crippen MR) is 62.5 cm³/mol. The van der Waals surface area contributed by atoms with Gasteiger partial charge < -0.3 is 14.2 Å². The van der Waals surface area contributed by atoms with Gasteiger partial charge in [0.2, 0.25) is 0 Å². The van der Waals surface area contributed by atoms with Gasteiger partial charge in [0.05, 0.1) is 25.3 Å². The summed E-state index contributed by atoms with van der Waals surface area (Å²) < 4.78 is 15.7. The van der Waals surface area contributed by atoms with Crippen LogP contribution < -0.4 is 4.74 Å². The van der Waals surface area contributed by atoms with E-state index in [1.165, 1.54) is 0 Å². The maximum atomic E-state index is 6.21. The summed E-state index contributed by atoms with van der Waals surface area (Å²) in [6.07, 6.45) is 0. The Kier molecular flexibility index (Phi) is 3.31. The summed E-state index contributed by atoms with van der Waals surface area (Å²) in [5, 5.41) is 0.871.